The number of hydrogen-bond donors (Lipinski definition) is 1. The van der Waals surface area contributed by atoms with E-state index in [-0.39, 0.29) is 30.3 Å². The second-order valence-corrected chi connectivity index (χ2v) is 7.13. The standard InChI is InChI=1S/C8H10O3S.C7H12F2O/c1-7-3-5-8(6-4-7)12(9,10)11-2;8-7(9)3-1-6(5-10)2-4-7/h3-6H,1-2H3;6,10H,1-5H2. The van der Waals surface area contributed by atoms with Gasteiger partial charge in [0, 0.05) is 19.4 Å². The van der Waals surface area contributed by atoms with Crippen molar-refractivity contribution in [1.29, 1.82) is 0 Å². The molecule has 7 heteroatoms. The highest BCUT2D eigenvalue weighted by molar-refractivity contribution is 7.86. The molecule has 126 valence electrons. The third-order valence-corrected chi connectivity index (χ3v) is 4.91. The van der Waals surface area contributed by atoms with Crippen molar-refractivity contribution >= 4 is 10.1 Å². The Balaban J connectivity index is 0.000000224. The lowest BCUT2D eigenvalue weighted by molar-refractivity contribution is -0.0509. The predicted octanol–water partition coefficient (Wildman–Crippen LogP) is 3.13. The Bertz CT molecular complexity index is 545. The molecular weight excluding hydrogens is 314 g/mol. The van der Waals surface area contributed by atoms with Crippen LogP contribution in [0.2, 0.25) is 0 Å². The average Bonchev–Trinajstić information content (AvgIpc) is 2.48. The smallest absolute Gasteiger partial charge is 0.296 e. The summed E-state index contributed by atoms with van der Waals surface area (Å²) in [6, 6.07) is 6.50. The van der Waals surface area contributed by atoms with Crippen LogP contribution in [0.5, 0.6) is 0 Å². The lowest BCUT2D eigenvalue weighted by Gasteiger charge is -2.26. The Labute approximate surface area is 130 Å². The summed E-state index contributed by atoms with van der Waals surface area (Å²) in [4.78, 5) is 0.190. The highest BCUT2D eigenvalue weighted by atomic mass is 32.2. The maximum absolute atomic E-state index is 12.4. The Morgan fingerprint density at radius 3 is 2.14 bits per heavy atom. The van der Waals surface area contributed by atoms with E-state index in [9.17, 15) is 17.2 Å². The van der Waals surface area contributed by atoms with E-state index in [1.54, 1.807) is 12.1 Å². The Morgan fingerprint density at radius 2 is 1.73 bits per heavy atom. The molecule has 0 saturated heterocycles. The van der Waals surface area contributed by atoms with E-state index in [0.717, 1.165) is 12.7 Å². The van der Waals surface area contributed by atoms with Crippen LogP contribution in [-0.4, -0.2) is 33.2 Å². The second-order valence-electron chi connectivity index (χ2n) is 5.42. The first-order chi connectivity index (χ1) is 10.2. The van der Waals surface area contributed by atoms with Crippen LogP contribution in [0.15, 0.2) is 29.2 Å². The lowest BCUT2D eigenvalue weighted by Crippen LogP contribution is -2.25. The van der Waals surface area contributed by atoms with Crippen LogP contribution < -0.4 is 0 Å². The number of benzene rings is 1. The molecule has 2 rings (SSSR count). The van der Waals surface area contributed by atoms with Gasteiger partial charge in [-0.3, -0.25) is 4.18 Å². The van der Waals surface area contributed by atoms with E-state index in [2.05, 4.69) is 4.18 Å². The van der Waals surface area contributed by atoms with E-state index in [1.165, 1.54) is 12.1 Å². The number of halogens is 2. The number of alkyl halides is 2. The molecule has 0 atom stereocenters. The van der Waals surface area contributed by atoms with Gasteiger partial charge in [-0.2, -0.15) is 8.42 Å². The van der Waals surface area contributed by atoms with Gasteiger partial charge in [0.05, 0.1) is 12.0 Å². The van der Waals surface area contributed by atoms with Crippen LogP contribution >= 0.6 is 0 Å². The summed E-state index contributed by atoms with van der Waals surface area (Å²) in [5, 5.41) is 8.62. The van der Waals surface area contributed by atoms with Crippen molar-refractivity contribution in [2.24, 2.45) is 5.92 Å². The highest BCUT2D eigenvalue weighted by Gasteiger charge is 2.34. The van der Waals surface area contributed by atoms with Crippen molar-refractivity contribution in [2.75, 3.05) is 13.7 Å². The molecule has 1 saturated carbocycles. The summed E-state index contributed by atoms with van der Waals surface area (Å²) in [5.41, 5.74) is 1.02. The molecule has 0 bridgehead atoms. The van der Waals surface area contributed by atoms with Gasteiger partial charge in [0.2, 0.25) is 5.92 Å². The summed E-state index contributed by atoms with van der Waals surface area (Å²) in [6.45, 7) is 1.96. The monoisotopic (exact) mass is 336 g/mol. The van der Waals surface area contributed by atoms with Gasteiger partial charge in [-0.25, -0.2) is 8.78 Å². The first-order valence-corrected chi connectivity index (χ1v) is 8.47. The topological polar surface area (TPSA) is 63.6 Å². The maximum atomic E-state index is 12.4. The normalized spacial score (nSPS) is 18.4. The van der Waals surface area contributed by atoms with Crippen LogP contribution in [0.3, 0.4) is 0 Å². The van der Waals surface area contributed by atoms with Crippen molar-refractivity contribution in [3.8, 4) is 0 Å². The molecule has 0 spiro atoms. The minimum Gasteiger partial charge on any atom is -0.396 e. The number of hydrogen-bond acceptors (Lipinski definition) is 4. The first-order valence-electron chi connectivity index (χ1n) is 7.06. The summed E-state index contributed by atoms with van der Waals surface area (Å²) < 4.78 is 51.4. The Kier molecular flexibility index (Phi) is 6.90. The molecule has 4 nitrogen and oxygen atoms in total. The molecule has 1 aliphatic rings. The van der Waals surface area contributed by atoms with Crippen molar-refractivity contribution < 1.29 is 26.5 Å². The third-order valence-electron chi connectivity index (χ3n) is 3.62. The van der Waals surface area contributed by atoms with Crippen LogP contribution in [0.25, 0.3) is 0 Å². The predicted molar refractivity (Wildman–Crippen MR) is 79.4 cm³/mol. The lowest BCUT2D eigenvalue weighted by atomic mass is 9.87. The quantitative estimate of drug-likeness (QED) is 0.862. The number of aryl methyl sites for hydroxylation is 1. The van der Waals surface area contributed by atoms with E-state index in [4.69, 9.17) is 5.11 Å². The van der Waals surface area contributed by atoms with Crippen LogP contribution in [0, 0.1) is 12.8 Å². The fourth-order valence-corrected chi connectivity index (χ4v) is 2.75. The maximum Gasteiger partial charge on any atom is 0.296 e. The van der Waals surface area contributed by atoms with E-state index >= 15 is 0 Å². The number of aliphatic hydroxyl groups is 1. The molecule has 1 fully saturated rings. The Morgan fingerprint density at radius 1 is 1.23 bits per heavy atom. The minimum atomic E-state index is -3.51. The summed E-state index contributed by atoms with van der Waals surface area (Å²) in [7, 11) is -2.37. The highest BCUT2D eigenvalue weighted by Crippen LogP contribution is 2.35. The molecule has 0 radical (unpaired) electrons. The third kappa shape index (κ3) is 5.98. The minimum absolute atomic E-state index is 0.0434. The SMILES string of the molecule is COS(=O)(=O)c1ccc(C)cc1.OCC1CCC(F)(F)CC1. The molecule has 0 heterocycles. The van der Waals surface area contributed by atoms with Crippen molar-refractivity contribution in [3.63, 3.8) is 0 Å². The number of aliphatic hydroxyl groups excluding tert-OH is 1. The van der Waals surface area contributed by atoms with Gasteiger partial charge in [-0.1, -0.05) is 17.7 Å². The van der Waals surface area contributed by atoms with Gasteiger partial charge < -0.3 is 5.11 Å². The van der Waals surface area contributed by atoms with Gasteiger partial charge in [-0.15, -0.1) is 0 Å². The molecule has 1 aliphatic carbocycles. The van der Waals surface area contributed by atoms with Gasteiger partial charge in [0.1, 0.15) is 0 Å². The zero-order valence-electron chi connectivity index (χ0n) is 12.8. The fourth-order valence-electron chi connectivity index (χ4n) is 2.08. The van der Waals surface area contributed by atoms with Crippen molar-refractivity contribution in [3.05, 3.63) is 29.8 Å². The molecule has 1 N–H and O–H groups in total. The first kappa shape index (κ1) is 19.0. The summed E-state index contributed by atoms with van der Waals surface area (Å²) in [6.07, 6.45) is 0.865. The largest absolute Gasteiger partial charge is 0.396 e. The van der Waals surface area contributed by atoms with Gasteiger partial charge in [0.15, 0.2) is 0 Å². The zero-order valence-corrected chi connectivity index (χ0v) is 13.6. The molecular formula is C15H22F2O4S. The molecule has 0 unspecified atom stereocenters. The average molecular weight is 336 g/mol. The Hall–Kier alpha value is -1.05. The molecule has 22 heavy (non-hydrogen) atoms. The second kappa shape index (κ2) is 7.99. The van der Waals surface area contributed by atoms with Gasteiger partial charge in [-0.05, 0) is 37.8 Å². The van der Waals surface area contributed by atoms with Gasteiger partial charge >= 0.3 is 0 Å². The molecule has 0 amide bonds. The molecule has 1 aromatic carbocycles. The summed E-state index contributed by atoms with van der Waals surface area (Å²) >= 11 is 0. The fraction of sp³-hybridized carbons (Fsp3) is 0.600. The number of rotatable bonds is 3. The molecule has 1 aromatic rings. The van der Waals surface area contributed by atoms with Crippen molar-refractivity contribution in [1.82, 2.24) is 0 Å². The molecule has 0 aromatic heterocycles. The summed E-state index contributed by atoms with van der Waals surface area (Å²) in [5.74, 6) is -2.33. The van der Waals surface area contributed by atoms with Crippen LogP contribution in [0.1, 0.15) is 31.2 Å². The molecule has 0 aliphatic heterocycles. The van der Waals surface area contributed by atoms with E-state index in [1.807, 2.05) is 6.92 Å². The van der Waals surface area contributed by atoms with E-state index < -0.39 is 16.0 Å². The zero-order chi connectivity index (χ0) is 16.8. The van der Waals surface area contributed by atoms with Crippen LogP contribution in [-0.2, 0) is 14.3 Å². The van der Waals surface area contributed by atoms with Crippen LogP contribution in [0.4, 0.5) is 8.78 Å². The van der Waals surface area contributed by atoms with E-state index in [0.29, 0.717) is 12.8 Å². The van der Waals surface area contributed by atoms with Crippen molar-refractivity contribution in [2.45, 2.75) is 43.4 Å². The van der Waals surface area contributed by atoms with Gasteiger partial charge in [0.25, 0.3) is 10.1 Å².